The predicted molar refractivity (Wildman–Crippen MR) is 118 cm³/mol. The second-order valence-electron chi connectivity index (χ2n) is 8.28. The van der Waals surface area contributed by atoms with Gasteiger partial charge in [0.15, 0.2) is 0 Å². The van der Waals surface area contributed by atoms with Crippen LogP contribution in [-0.4, -0.2) is 62.8 Å². The van der Waals surface area contributed by atoms with Gasteiger partial charge in [-0.2, -0.15) is 4.31 Å². The smallest absolute Gasteiger partial charge is 0.243 e. The van der Waals surface area contributed by atoms with E-state index < -0.39 is 10.0 Å². The summed E-state index contributed by atoms with van der Waals surface area (Å²) in [6, 6.07) is 13.5. The number of aryl methyl sites for hydroxylation is 1. The summed E-state index contributed by atoms with van der Waals surface area (Å²) in [5, 5.41) is 0. The number of carbonyl (C=O) groups excluding carboxylic acids is 1. The third kappa shape index (κ3) is 4.60. The Kier molecular flexibility index (Phi) is 6.29. The molecule has 0 spiro atoms. The Morgan fingerprint density at radius 2 is 1.65 bits per heavy atom. The summed E-state index contributed by atoms with van der Waals surface area (Å²) in [5.74, 6) is -0.600. The molecular weight excluding hydrogens is 417 g/mol. The number of hydrogen-bond donors (Lipinski definition) is 0. The Bertz CT molecular complexity index is 1030. The van der Waals surface area contributed by atoms with Crippen LogP contribution in [0, 0.1) is 18.7 Å². The van der Waals surface area contributed by atoms with E-state index in [2.05, 4.69) is 0 Å². The van der Waals surface area contributed by atoms with E-state index in [4.69, 9.17) is 0 Å². The summed E-state index contributed by atoms with van der Waals surface area (Å²) in [4.78, 5) is 17.1. The number of piperazine rings is 1. The molecule has 0 saturated carbocycles. The molecule has 1 amide bonds. The van der Waals surface area contributed by atoms with Gasteiger partial charge in [0.05, 0.1) is 16.5 Å². The molecule has 0 unspecified atom stereocenters. The number of para-hydroxylation sites is 1. The van der Waals surface area contributed by atoms with Gasteiger partial charge < -0.3 is 9.80 Å². The van der Waals surface area contributed by atoms with Gasteiger partial charge >= 0.3 is 0 Å². The predicted octanol–water partition coefficient (Wildman–Crippen LogP) is 2.88. The summed E-state index contributed by atoms with van der Waals surface area (Å²) in [7, 11) is -3.61. The van der Waals surface area contributed by atoms with Crippen LogP contribution in [0.3, 0.4) is 0 Å². The molecule has 2 aliphatic rings. The molecule has 2 aliphatic heterocycles. The highest BCUT2D eigenvalue weighted by atomic mass is 32.2. The first-order valence-electron chi connectivity index (χ1n) is 10.7. The maximum Gasteiger partial charge on any atom is 0.243 e. The van der Waals surface area contributed by atoms with Crippen molar-refractivity contribution in [2.45, 2.75) is 24.7 Å². The fraction of sp³-hybridized carbons (Fsp3) is 0.435. The molecule has 31 heavy (non-hydrogen) atoms. The highest BCUT2D eigenvalue weighted by molar-refractivity contribution is 7.89. The van der Waals surface area contributed by atoms with Crippen LogP contribution in [0.5, 0.6) is 0 Å². The van der Waals surface area contributed by atoms with Gasteiger partial charge in [0.2, 0.25) is 15.9 Å². The Morgan fingerprint density at radius 3 is 2.32 bits per heavy atom. The first-order valence-corrected chi connectivity index (χ1v) is 12.2. The van der Waals surface area contributed by atoms with Gasteiger partial charge in [-0.3, -0.25) is 4.79 Å². The van der Waals surface area contributed by atoms with Crippen molar-refractivity contribution in [3.8, 4) is 0 Å². The minimum Gasteiger partial charge on any atom is -0.366 e. The summed E-state index contributed by atoms with van der Waals surface area (Å²) in [6.07, 6.45) is 1.35. The van der Waals surface area contributed by atoms with Gasteiger partial charge in [-0.15, -0.1) is 0 Å². The molecule has 0 aromatic heterocycles. The van der Waals surface area contributed by atoms with Crippen molar-refractivity contribution in [1.82, 2.24) is 9.21 Å². The van der Waals surface area contributed by atoms with Crippen molar-refractivity contribution < 1.29 is 17.6 Å². The zero-order chi connectivity index (χ0) is 22.0. The lowest BCUT2D eigenvalue weighted by Gasteiger charge is -2.39. The molecule has 1 atom stereocenters. The van der Waals surface area contributed by atoms with E-state index in [9.17, 15) is 17.6 Å². The highest BCUT2D eigenvalue weighted by Crippen LogP contribution is 2.26. The lowest BCUT2D eigenvalue weighted by Crippen LogP contribution is -2.53. The average Bonchev–Trinajstić information content (AvgIpc) is 2.79. The monoisotopic (exact) mass is 445 g/mol. The van der Waals surface area contributed by atoms with E-state index in [1.807, 2.05) is 11.8 Å². The van der Waals surface area contributed by atoms with E-state index in [0.29, 0.717) is 51.3 Å². The van der Waals surface area contributed by atoms with E-state index in [1.165, 1.54) is 10.4 Å². The van der Waals surface area contributed by atoms with Crippen molar-refractivity contribution in [3.05, 3.63) is 59.9 Å². The molecule has 0 bridgehead atoms. The van der Waals surface area contributed by atoms with Crippen molar-refractivity contribution >= 4 is 21.6 Å². The standard InChI is InChI=1S/C23H28FN3O3S/c1-18-8-10-20(11-9-18)31(29,30)27-12-4-5-19(17-27)23(28)26-15-13-25(14-16-26)22-7-3-2-6-21(22)24/h2-3,6-11,19H,4-5,12-17H2,1H3/t19-/m0/s1. The minimum atomic E-state index is -3.61. The van der Waals surface area contributed by atoms with Crippen LogP contribution < -0.4 is 4.90 Å². The van der Waals surface area contributed by atoms with Crippen molar-refractivity contribution in [1.29, 1.82) is 0 Å². The largest absolute Gasteiger partial charge is 0.366 e. The molecule has 2 aromatic carbocycles. The van der Waals surface area contributed by atoms with E-state index >= 15 is 0 Å². The minimum absolute atomic E-state index is 0.00279. The Balaban J connectivity index is 1.39. The summed E-state index contributed by atoms with van der Waals surface area (Å²) < 4.78 is 41.6. The summed E-state index contributed by atoms with van der Waals surface area (Å²) in [6.45, 7) is 4.69. The molecule has 8 heteroatoms. The SMILES string of the molecule is Cc1ccc(S(=O)(=O)N2CCC[C@H](C(=O)N3CCN(c4ccccc4F)CC3)C2)cc1. The lowest BCUT2D eigenvalue weighted by molar-refractivity contribution is -0.137. The number of nitrogens with zero attached hydrogens (tertiary/aromatic N) is 3. The zero-order valence-electron chi connectivity index (χ0n) is 17.7. The molecule has 2 saturated heterocycles. The van der Waals surface area contributed by atoms with Crippen LogP contribution in [0.1, 0.15) is 18.4 Å². The highest BCUT2D eigenvalue weighted by Gasteiger charge is 2.36. The van der Waals surface area contributed by atoms with Gasteiger partial charge in [-0.25, -0.2) is 12.8 Å². The summed E-state index contributed by atoms with van der Waals surface area (Å²) >= 11 is 0. The fourth-order valence-electron chi connectivity index (χ4n) is 4.36. The van der Waals surface area contributed by atoms with Crippen LogP contribution in [0.15, 0.2) is 53.4 Å². The van der Waals surface area contributed by atoms with Crippen molar-refractivity contribution in [2.24, 2.45) is 5.92 Å². The van der Waals surface area contributed by atoms with Crippen LogP contribution in [0.25, 0.3) is 0 Å². The van der Waals surface area contributed by atoms with Crippen molar-refractivity contribution in [3.63, 3.8) is 0 Å². The first-order chi connectivity index (χ1) is 14.9. The van der Waals surface area contributed by atoms with Gasteiger partial charge in [0.25, 0.3) is 0 Å². The second kappa shape index (κ2) is 8.96. The van der Waals surface area contributed by atoms with E-state index in [-0.39, 0.29) is 29.1 Å². The number of sulfonamides is 1. The fourth-order valence-corrected chi connectivity index (χ4v) is 5.88. The number of benzene rings is 2. The maximum atomic E-state index is 14.1. The molecule has 4 rings (SSSR count). The van der Waals surface area contributed by atoms with Crippen LogP contribution in [-0.2, 0) is 14.8 Å². The number of amides is 1. The quantitative estimate of drug-likeness (QED) is 0.726. The molecule has 2 aromatic rings. The molecule has 6 nitrogen and oxygen atoms in total. The second-order valence-corrected chi connectivity index (χ2v) is 10.2. The van der Waals surface area contributed by atoms with Crippen LogP contribution in [0.2, 0.25) is 0 Å². The molecule has 0 radical (unpaired) electrons. The van der Waals surface area contributed by atoms with Gasteiger partial charge in [-0.1, -0.05) is 29.8 Å². The molecule has 2 heterocycles. The normalized spacial score (nSPS) is 20.6. The van der Waals surface area contributed by atoms with E-state index in [1.54, 1.807) is 47.4 Å². The van der Waals surface area contributed by atoms with Crippen LogP contribution >= 0.6 is 0 Å². The Morgan fingerprint density at radius 1 is 0.968 bits per heavy atom. The molecule has 166 valence electrons. The van der Waals surface area contributed by atoms with Gasteiger partial charge in [0.1, 0.15) is 5.82 Å². The summed E-state index contributed by atoms with van der Waals surface area (Å²) in [5.41, 5.74) is 1.56. The number of hydrogen-bond acceptors (Lipinski definition) is 4. The molecule has 0 N–H and O–H groups in total. The lowest BCUT2D eigenvalue weighted by atomic mass is 9.97. The Hall–Kier alpha value is -2.45. The topological polar surface area (TPSA) is 60.9 Å². The first kappa shape index (κ1) is 21.8. The number of piperidine rings is 1. The zero-order valence-corrected chi connectivity index (χ0v) is 18.5. The van der Waals surface area contributed by atoms with Crippen molar-refractivity contribution in [2.75, 3.05) is 44.2 Å². The van der Waals surface area contributed by atoms with Crippen LogP contribution in [0.4, 0.5) is 10.1 Å². The maximum absolute atomic E-state index is 14.1. The molecular formula is C23H28FN3O3S. The molecule has 2 fully saturated rings. The Labute approximate surface area is 183 Å². The number of rotatable bonds is 4. The number of anilines is 1. The average molecular weight is 446 g/mol. The van der Waals surface area contributed by atoms with E-state index in [0.717, 1.165) is 5.56 Å². The number of halogens is 1. The third-order valence-electron chi connectivity index (χ3n) is 6.18. The molecule has 0 aliphatic carbocycles. The third-order valence-corrected chi connectivity index (χ3v) is 8.06. The number of carbonyl (C=O) groups is 1. The van der Waals surface area contributed by atoms with Gasteiger partial charge in [0, 0.05) is 39.3 Å². The van der Waals surface area contributed by atoms with Gasteiger partial charge in [-0.05, 0) is 44.0 Å².